The molecule has 19 heavy (non-hydrogen) atoms. The van der Waals surface area contributed by atoms with E-state index in [9.17, 15) is 5.11 Å². The molecular formula is C18H26O. The first-order valence-electron chi connectivity index (χ1n) is 7.71. The van der Waals surface area contributed by atoms with Gasteiger partial charge >= 0.3 is 0 Å². The molecule has 1 aromatic rings. The summed E-state index contributed by atoms with van der Waals surface area (Å²) in [6, 6.07) is 6.73. The molecule has 0 saturated heterocycles. The minimum atomic E-state index is -0.277. The fourth-order valence-electron chi connectivity index (χ4n) is 4.92. The van der Waals surface area contributed by atoms with Crippen molar-refractivity contribution in [2.75, 3.05) is 0 Å². The van der Waals surface area contributed by atoms with Crippen LogP contribution >= 0.6 is 0 Å². The molecule has 3 rings (SSSR count). The Labute approximate surface area is 117 Å². The van der Waals surface area contributed by atoms with Gasteiger partial charge in [-0.25, -0.2) is 0 Å². The molecule has 0 amide bonds. The molecule has 0 radical (unpaired) electrons. The van der Waals surface area contributed by atoms with Gasteiger partial charge in [0.15, 0.2) is 0 Å². The lowest BCUT2D eigenvalue weighted by molar-refractivity contribution is -0.0272. The van der Waals surface area contributed by atoms with Crippen LogP contribution < -0.4 is 0 Å². The molecule has 3 atom stereocenters. The molecule has 1 nitrogen and oxygen atoms in total. The summed E-state index contributed by atoms with van der Waals surface area (Å²) in [6.07, 6.45) is 4.54. The Balaban J connectivity index is 2.16. The molecule has 1 aromatic carbocycles. The molecule has 0 spiro atoms. The van der Waals surface area contributed by atoms with Crippen LogP contribution in [-0.4, -0.2) is 5.11 Å². The zero-order valence-corrected chi connectivity index (χ0v) is 12.7. The highest BCUT2D eigenvalue weighted by atomic mass is 16.3. The van der Waals surface area contributed by atoms with Gasteiger partial charge in [0.2, 0.25) is 0 Å². The zero-order chi connectivity index (χ0) is 13.8. The largest absolute Gasteiger partial charge is 0.388 e. The lowest BCUT2D eigenvalue weighted by Crippen LogP contribution is -2.43. The van der Waals surface area contributed by atoms with E-state index in [2.05, 4.69) is 45.9 Å². The SMILES string of the molecule is CCc1ccc2c(c1)[C@]1(C)CCCC(C)(C)[C@@H]1[C@H]2O. The highest BCUT2D eigenvalue weighted by Gasteiger charge is 2.56. The first-order chi connectivity index (χ1) is 8.90. The standard InChI is InChI=1S/C18H26O/c1-5-12-7-8-13-14(11-12)18(4)10-6-9-17(2,3)16(18)15(13)19/h7-8,11,15-16,19H,5-6,9-10H2,1-4H3/t15-,16-,18-/m0/s1. The first kappa shape index (κ1) is 13.2. The van der Waals surface area contributed by atoms with Gasteiger partial charge in [-0.15, -0.1) is 0 Å². The second-order valence-electron chi connectivity index (χ2n) is 7.46. The third-order valence-corrected chi connectivity index (χ3v) is 5.82. The van der Waals surface area contributed by atoms with Gasteiger partial charge in [-0.1, -0.05) is 52.3 Å². The predicted molar refractivity (Wildman–Crippen MR) is 79.3 cm³/mol. The van der Waals surface area contributed by atoms with Gasteiger partial charge in [0.05, 0.1) is 6.10 Å². The van der Waals surface area contributed by atoms with Crippen molar-refractivity contribution < 1.29 is 5.11 Å². The first-order valence-corrected chi connectivity index (χ1v) is 7.71. The average Bonchev–Trinajstić information content (AvgIpc) is 2.58. The van der Waals surface area contributed by atoms with Gasteiger partial charge in [0, 0.05) is 5.92 Å². The van der Waals surface area contributed by atoms with Gasteiger partial charge in [-0.3, -0.25) is 0 Å². The van der Waals surface area contributed by atoms with Crippen molar-refractivity contribution in [2.45, 2.75) is 64.9 Å². The van der Waals surface area contributed by atoms with Crippen molar-refractivity contribution in [1.82, 2.24) is 0 Å². The molecular weight excluding hydrogens is 232 g/mol. The maximum Gasteiger partial charge on any atom is 0.0834 e. The van der Waals surface area contributed by atoms with Crippen molar-refractivity contribution in [3.8, 4) is 0 Å². The Morgan fingerprint density at radius 1 is 1.21 bits per heavy atom. The Hall–Kier alpha value is -0.820. The summed E-state index contributed by atoms with van der Waals surface area (Å²) in [5, 5.41) is 10.8. The van der Waals surface area contributed by atoms with Crippen LogP contribution in [0.2, 0.25) is 0 Å². The van der Waals surface area contributed by atoms with Crippen LogP contribution in [0.15, 0.2) is 18.2 Å². The normalized spacial score (nSPS) is 35.8. The summed E-state index contributed by atoms with van der Waals surface area (Å²) in [6.45, 7) is 9.26. The molecule has 0 heterocycles. The van der Waals surface area contributed by atoms with E-state index in [1.165, 1.54) is 36.0 Å². The van der Waals surface area contributed by atoms with Crippen molar-refractivity contribution in [2.24, 2.45) is 11.3 Å². The lowest BCUT2D eigenvalue weighted by Gasteiger charge is -2.48. The molecule has 0 aromatic heterocycles. The van der Waals surface area contributed by atoms with E-state index in [-0.39, 0.29) is 16.9 Å². The van der Waals surface area contributed by atoms with Gasteiger partial charge in [-0.05, 0) is 46.8 Å². The zero-order valence-electron chi connectivity index (χ0n) is 12.7. The van der Waals surface area contributed by atoms with Gasteiger partial charge in [0.25, 0.3) is 0 Å². The minimum absolute atomic E-state index is 0.168. The second kappa shape index (κ2) is 4.09. The van der Waals surface area contributed by atoms with Crippen LogP contribution in [-0.2, 0) is 11.8 Å². The van der Waals surface area contributed by atoms with Crippen molar-refractivity contribution >= 4 is 0 Å². The van der Waals surface area contributed by atoms with E-state index >= 15 is 0 Å². The maximum atomic E-state index is 10.8. The Morgan fingerprint density at radius 3 is 2.63 bits per heavy atom. The van der Waals surface area contributed by atoms with Crippen LogP contribution in [0.25, 0.3) is 0 Å². The van der Waals surface area contributed by atoms with E-state index in [1.807, 2.05) is 0 Å². The highest BCUT2D eigenvalue weighted by Crippen LogP contribution is 2.62. The van der Waals surface area contributed by atoms with E-state index in [0.717, 1.165) is 6.42 Å². The molecule has 104 valence electrons. The van der Waals surface area contributed by atoms with Crippen LogP contribution in [0.3, 0.4) is 0 Å². The Morgan fingerprint density at radius 2 is 1.95 bits per heavy atom. The fraction of sp³-hybridized carbons (Fsp3) is 0.667. The van der Waals surface area contributed by atoms with E-state index in [1.54, 1.807) is 0 Å². The quantitative estimate of drug-likeness (QED) is 0.792. The molecule has 1 heteroatoms. The predicted octanol–water partition coefficient (Wildman–Crippen LogP) is 4.38. The Bertz CT molecular complexity index is 502. The maximum absolute atomic E-state index is 10.8. The summed E-state index contributed by atoms with van der Waals surface area (Å²) in [4.78, 5) is 0. The van der Waals surface area contributed by atoms with Crippen molar-refractivity contribution in [3.63, 3.8) is 0 Å². The number of rotatable bonds is 1. The molecule has 0 bridgehead atoms. The van der Waals surface area contributed by atoms with E-state index in [4.69, 9.17) is 0 Å². The molecule has 0 unspecified atom stereocenters. The van der Waals surface area contributed by atoms with Crippen LogP contribution in [0, 0.1) is 11.3 Å². The monoisotopic (exact) mass is 258 g/mol. The third kappa shape index (κ3) is 1.71. The molecule has 1 saturated carbocycles. The summed E-state index contributed by atoms with van der Waals surface area (Å²) in [5.74, 6) is 0.371. The van der Waals surface area contributed by atoms with Crippen LogP contribution in [0.5, 0.6) is 0 Å². The Kier molecular flexibility index (Phi) is 2.83. The summed E-state index contributed by atoms with van der Waals surface area (Å²) >= 11 is 0. The van der Waals surface area contributed by atoms with Gasteiger partial charge in [-0.2, -0.15) is 0 Å². The lowest BCUT2D eigenvalue weighted by atomic mass is 9.56. The van der Waals surface area contributed by atoms with Crippen LogP contribution in [0.1, 0.15) is 69.8 Å². The number of fused-ring (bicyclic) bond motifs is 3. The summed E-state index contributed by atoms with van der Waals surface area (Å²) < 4.78 is 0. The fourth-order valence-corrected chi connectivity index (χ4v) is 4.92. The minimum Gasteiger partial charge on any atom is -0.388 e. The molecule has 0 aliphatic heterocycles. The molecule has 2 aliphatic rings. The molecule has 1 N–H and O–H groups in total. The number of hydrogen-bond donors (Lipinski definition) is 1. The smallest absolute Gasteiger partial charge is 0.0834 e. The van der Waals surface area contributed by atoms with Gasteiger partial charge < -0.3 is 5.11 Å². The summed E-state index contributed by atoms with van der Waals surface area (Å²) in [7, 11) is 0. The topological polar surface area (TPSA) is 20.2 Å². The van der Waals surface area contributed by atoms with E-state index < -0.39 is 0 Å². The average molecular weight is 258 g/mol. The van der Waals surface area contributed by atoms with Gasteiger partial charge in [0.1, 0.15) is 0 Å². The van der Waals surface area contributed by atoms with E-state index in [0.29, 0.717) is 5.92 Å². The number of aryl methyl sites for hydroxylation is 1. The van der Waals surface area contributed by atoms with Crippen LogP contribution in [0.4, 0.5) is 0 Å². The highest BCUT2D eigenvalue weighted by molar-refractivity contribution is 5.46. The molecule has 2 aliphatic carbocycles. The number of aliphatic hydroxyl groups is 1. The number of aliphatic hydroxyl groups excluding tert-OH is 1. The number of benzene rings is 1. The summed E-state index contributed by atoms with van der Waals surface area (Å²) in [5.41, 5.74) is 4.42. The van der Waals surface area contributed by atoms with Crippen molar-refractivity contribution in [3.05, 3.63) is 34.9 Å². The van der Waals surface area contributed by atoms with Crippen molar-refractivity contribution in [1.29, 1.82) is 0 Å². The molecule has 1 fully saturated rings. The number of hydrogen-bond acceptors (Lipinski definition) is 1. The second-order valence-corrected chi connectivity index (χ2v) is 7.46. The third-order valence-electron chi connectivity index (χ3n) is 5.82.